The molecule has 2 unspecified atom stereocenters. The van der Waals surface area contributed by atoms with E-state index in [1.54, 1.807) is 0 Å². The van der Waals surface area contributed by atoms with Crippen molar-refractivity contribution in [2.75, 3.05) is 11.9 Å². The van der Waals surface area contributed by atoms with Gasteiger partial charge in [0.1, 0.15) is 5.82 Å². The summed E-state index contributed by atoms with van der Waals surface area (Å²) in [4.78, 5) is 6.59. The lowest BCUT2D eigenvalue weighted by Gasteiger charge is -2.34. The van der Waals surface area contributed by atoms with Crippen LogP contribution in [0.1, 0.15) is 31.5 Å². The molecule has 1 saturated carbocycles. The van der Waals surface area contributed by atoms with Gasteiger partial charge in [0.2, 0.25) is 5.13 Å². The molecule has 84 valence electrons. The molecule has 1 heterocycles. The minimum absolute atomic E-state index is 0.257. The first kappa shape index (κ1) is 11.1. The van der Waals surface area contributed by atoms with Crippen molar-refractivity contribution in [3.05, 3.63) is 5.82 Å². The van der Waals surface area contributed by atoms with Crippen LogP contribution in [0, 0.1) is 6.92 Å². The van der Waals surface area contributed by atoms with Crippen LogP contribution in [0.15, 0.2) is 0 Å². The number of hydrogen-bond donors (Lipinski definition) is 0. The second-order valence-corrected chi connectivity index (χ2v) is 5.39. The van der Waals surface area contributed by atoms with Crippen LogP contribution in [-0.4, -0.2) is 27.8 Å². The van der Waals surface area contributed by atoms with E-state index in [0.717, 1.165) is 17.4 Å². The van der Waals surface area contributed by atoms with Crippen molar-refractivity contribution in [2.24, 2.45) is 0 Å². The van der Waals surface area contributed by atoms with Gasteiger partial charge in [-0.05, 0) is 19.8 Å². The molecule has 0 aliphatic heterocycles. The molecule has 0 amide bonds. The van der Waals surface area contributed by atoms with E-state index in [2.05, 4.69) is 21.3 Å². The highest BCUT2D eigenvalue weighted by molar-refractivity contribution is 7.09. The molecule has 0 saturated heterocycles. The maximum absolute atomic E-state index is 6.35. The highest BCUT2D eigenvalue weighted by Crippen LogP contribution is 2.30. The normalized spacial score (nSPS) is 26.6. The Morgan fingerprint density at radius 2 is 2.13 bits per heavy atom. The molecule has 1 aliphatic carbocycles. The number of anilines is 1. The Labute approximate surface area is 99.6 Å². The van der Waals surface area contributed by atoms with Crippen LogP contribution in [0.25, 0.3) is 0 Å². The number of alkyl halides is 1. The third-order valence-electron chi connectivity index (χ3n) is 2.96. The van der Waals surface area contributed by atoms with E-state index in [4.69, 9.17) is 11.6 Å². The molecular formula is C10H16ClN3S. The molecule has 5 heteroatoms. The van der Waals surface area contributed by atoms with E-state index in [9.17, 15) is 0 Å². The van der Waals surface area contributed by atoms with E-state index < -0.39 is 0 Å². The molecule has 2 atom stereocenters. The average molecular weight is 246 g/mol. The molecule has 15 heavy (non-hydrogen) atoms. The minimum atomic E-state index is 0.257. The van der Waals surface area contributed by atoms with Crippen molar-refractivity contribution in [3.8, 4) is 0 Å². The van der Waals surface area contributed by atoms with E-state index in [-0.39, 0.29) is 5.38 Å². The third kappa shape index (κ3) is 2.42. The monoisotopic (exact) mass is 245 g/mol. The second-order valence-electron chi connectivity index (χ2n) is 4.10. The van der Waals surface area contributed by atoms with Crippen LogP contribution in [0.4, 0.5) is 5.13 Å². The third-order valence-corrected chi connectivity index (χ3v) is 4.37. The first-order valence-electron chi connectivity index (χ1n) is 5.35. The standard InChI is InChI=1S/C10H16ClN3S/c1-7-12-10(15-13-7)14(2)9-6-4-3-5-8(9)11/h8-9H,3-6H2,1-2H3. The smallest absolute Gasteiger partial charge is 0.205 e. The van der Waals surface area contributed by atoms with Crippen molar-refractivity contribution in [2.45, 2.75) is 44.0 Å². The molecule has 0 spiro atoms. The van der Waals surface area contributed by atoms with Crippen molar-refractivity contribution < 1.29 is 0 Å². The molecule has 3 nitrogen and oxygen atoms in total. The molecule has 0 N–H and O–H groups in total. The summed E-state index contributed by atoms with van der Waals surface area (Å²) < 4.78 is 4.20. The Hall–Kier alpha value is -0.350. The summed E-state index contributed by atoms with van der Waals surface area (Å²) in [5.74, 6) is 0.851. The first-order valence-corrected chi connectivity index (χ1v) is 6.56. The van der Waals surface area contributed by atoms with Gasteiger partial charge in [-0.3, -0.25) is 0 Å². The maximum atomic E-state index is 6.35. The lowest BCUT2D eigenvalue weighted by Crippen LogP contribution is -2.40. The fourth-order valence-electron chi connectivity index (χ4n) is 2.07. The van der Waals surface area contributed by atoms with Gasteiger partial charge < -0.3 is 4.90 Å². The molecular weight excluding hydrogens is 230 g/mol. The Balaban J connectivity index is 2.09. The lowest BCUT2D eigenvalue weighted by molar-refractivity contribution is 0.434. The predicted octanol–water partition coefficient (Wildman–Crippen LogP) is 2.83. The molecule has 1 aromatic heterocycles. The maximum Gasteiger partial charge on any atom is 0.205 e. The molecule has 1 fully saturated rings. The van der Waals surface area contributed by atoms with Gasteiger partial charge in [0.05, 0.1) is 5.38 Å². The summed E-state index contributed by atoms with van der Waals surface area (Å²) in [5, 5.41) is 1.25. The Kier molecular flexibility index (Phi) is 3.46. The van der Waals surface area contributed by atoms with Gasteiger partial charge in [-0.2, -0.15) is 4.37 Å². The summed E-state index contributed by atoms with van der Waals surface area (Å²) in [6, 6.07) is 0.424. The number of halogens is 1. The molecule has 1 aromatic rings. The van der Waals surface area contributed by atoms with E-state index in [1.165, 1.54) is 30.8 Å². The number of hydrogen-bond acceptors (Lipinski definition) is 4. The zero-order valence-corrected chi connectivity index (χ0v) is 10.7. The Bertz CT molecular complexity index is 328. The largest absolute Gasteiger partial charge is 0.345 e. The van der Waals surface area contributed by atoms with Crippen LogP contribution in [0.5, 0.6) is 0 Å². The number of aryl methyl sites for hydroxylation is 1. The fraction of sp³-hybridized carbons (Fsp3) is 0.800. The van der Waals surface area contributed by atoms with Crippen LogP contribution in [0.2, 0.25) is 0 Å². The van der Waals surface area contributed by atoms with Gasteiger partial charge >= 0.3 is 0 Å². The molecule has 0 bridgehead atoms. The topological polar surface area (TPSA) is 29.0 Å². The molecule has 1 aliphatic rings. The van der Waals surface area contributed by atoms with Gasteiger partial charge in [-0.15, -0.1) is 11.6 Å². The quantitative estimate of drug-likeness (QED) is 0.751. The summed E-state index contributed by atoms with van der Waals surface area (Å²) in [6.07, 6.45) is 4.82. The summed E-state index contributed by atoms with van der Waals surface area (Å²) in [5.41, 5.74) is 0. The molecule has 0 aromatic carbocycles. The summed E-state index contributed by atoms with van der Waals surface area (Å²) in [6.45, 7) is 1.92. The zero-order valence-electron chi connectivity index (χ0n) is 9.11. The van der Waals surface area contributed by atoms with Gasteiger partial charge in [0.15, 0.2) is 0 Å². The first-order chi connectivity index (χ1) is 7.18. The highest BCUT2D eigenvalue weighted by atomic mass is 35.5. The van der Waals surface area contributed by atoms with Crippen LogP contribution >= 0.6 is 23.1 Å². The molecule has 2 rings (SSSR count). The van der Waals surface area contributed by atoms with Gasteiger partial charge in [-0.1, -0.05) is 12.8 Å². The molecule has 0 radical (unpaired) electrons. The number of rotatable bonds is 2. The van der Waals surface area contributed by atoms with Crippen LogP contribution in [0.3, 0.4) is 0 Å². The Morgan fingerprint density at radius 3 is 2.73 bits per heavy atom. The van der Waals surface area contributed by atoms with Crippen LogP contribution in [-0.2, 0) is 0 Å². The highest BCUT2D eigenvalue weighted by Gasteiger charge is 2.28. The summed E-state index contributed by atoms with van der Waals surface area (Å²) in [7, 11) is 2.07. The van der Waals surface area contributed by atoms with E-state index in [1.807, 2.05) is 6.92 Å². The SMILES string of the molecule is Cc1nsc(N(C)C2CCCCC2Cl)n1. The fourth-order valence-corrected chi connectivity index (χ4v) is 3.21. The van der Waals surface area contributed by atoms with Gasteiger partial charge in [-0.25, -0.2) is 4.98 Å². The predicted molar refractivity (Wildman–Crippen MR) is 64.9 cm³/mol. The van der Waals surface area contributed by atoms with Gasteiger partial charge in [0, 0.05) is 24.6 Å². The second kappa shape index (κ2) is 4.66. The Morgan fingerprint density at radius 1 is 1.40 bits per heavy atom. The number of aromatic nitrogens is 2. The average Bonchev–Trinajstić information content (AvgIpc) is 2.65. The van der Waals surface area contributed by atoms with Crippen molar-refractivity contribution in [1.29, 1.82) is 0 Å². The minimum Gasteiger partial charge on any atom is -0.345 e. The zero-order chi connectivity index (χ0) is 10.8. The van der Waals surface area contributed by atoms with E-state index >= 15 is 0 Å². The van der Waals surface area contributed by atoms with Crippen molar-refractivity contribution in [3.63, 3.8) is 0 Å². The van der Waals surface area contributed by atoms with Crippen LogP contribution < -0.4 is 4.90 Å². The van der Waals surface area contributed by atoms with Crippen molar-refractivity contribution in [1.82, 2.24) is 9.36 Å². The summed E-state index contributed by atoms with van der Waals surface area (Å²) >= 11 is 7.81. The van der Waals surface area contributed by atoms with E-state index in [0.29, 0.717) is 6.04 Å². The lowest BCUT2D eigenvalue weighted by atomic mass is 9.94. The van der Waals surface area contributed by atoms with Gasteiger partial charge in [0.25, 0.3) is 0 Å². The number of nitrogens with zero attached hydrogens (tertiary/aromatic N) is 3. The van der Waals surface area contributed by atoms with Crippen molar-refractivity contribution >= 4 is 28.3 Å².